The number of halogens is 3. The van der Waals surface area contributed by atoms with Crippen molar-refractivity contribution in [2.45, 2.75) is 52.0 Å². The normalized spacial score (nSPS) is 12.6. The maximum atomic E-state index is 15.4. The minimum absolute atomic E-state index is 0.149. The SMILES string of the molecule is CCC(c1nc(-c2cc3c(Nc4ccc(OCc5cccc(F)c5)c(Cl)c4)ncnc3cc2F)cs1)N(CC)S(=O)(=O)C(C)C. The van der Waals surface area contributed by atoms with Crippen LogP contribution in [0.15, 0.2) is 66.3 Å². The fourth-order valence-corrected chi connectivity index (χ4v) is 7.73. The Morgan fingerprint density at radius 1 is 1.07 bits per heavy atom. The van der Waals surface area contributed by atoms with Crippen LogP contribution in [0.5, 0.6) is 5.75 Å². The number of ether oxygens (including phenoxy) is 1. The molecule has 236 valence electrons. The third kappa shape index (κ3) is 7.09. The number of anilines is 2. The van der Waals surface area contributed by atoms with Gasteiger partial charge in [0, 0.05) is 34.6 Å². The minimum Gasteiger partial charge on any atom is -0.487 e. The molecule has 0 saturated carbocycles. The lowest BCUT2D eigenvalue weighted by atomic mass is 10.1. The van der Waals surface area contributed by atoms with E-state index in [0.29, 0.717) is 62.4 Å². The van der Waals surface area contributed by atoms with Crippen molar-refractivity contribution in [2.24, 2.45) is 0 Å². The van der Waals surface area contributed by atoms with E-state index >= 15 is 4.39 Å². The van der Waals surface area contributed by atoms with Gasteiger partial charge in [-0.1, -0.05) is 37.6 Å². The number of hydrogen-bond donors (Lipinski definition) is 1. The third-order valence-electron chi connectivity index (χ3n) is 7.25. The highest BCUT2D eigenvalue weighted by Crippen LogP contribution is 2.36. The molecular weight excluding hydrogens is 640 g/mol. The van der Waals surface area contributed by atoms with Gasteiger partial charge in [-0.25, -0.2) is 32.2 Å². The monoisotopic (exact) mass is 671 g/mol. The van der Waals surface area contributed by atoms with Crippen molar-refractivity contribution >= 4 is 55.4 Å². The number of fused-ring (bicyclic) bond motifs is 1. The number of thiazole rings is 1. The molecule has 0 amide bonds. The zero-order valence-electron chi connectivity index (χ0n) is 25.1. The van der Waals surface area contributed by atoms with Crippen molar-refractivity contribution in [1.29, 1.82) is 0 Å². The van der Waals surface area contributed by atoms with Crippen LogP contribution in [0.3, 0.4) is 0 Å². The lowest BCUT2D eigenvalue weighted by Crippen LogP contribution is -2.39. The molecule has 2 heterocycles. The Morgan fingerprint density at radius 2 is 1.87 bits per heavy atom. The average Bonchev–Trinajstić information content (AvgIpc) is 3.48. The molecule has 0 spiro atoms. The van der Waals surface area contributed by atoms with Gasteiger partial charge in [0.15, 0.2) is 0 Å². The molecule has 1 unspecified atom stereocenters. The molecule has 2 aromatic heterocycles. The Hall–Kier alpha value is -3.71. The Balaban J connectivity index is 1.41. The number of aromatic nitrogens is 3. The Morgan fingerprint density at radius 3 is 2.56 bits per heavy atom. The molecular formula is C32H32ClF2N5O3S2. The van der Waals surface area contributed by atoms with Gasteiger partial charge in [-0.15, -0.1) is 11.3 Å². The third-order valence-corrected chi connectivity index (χ3v) is 10.9. The van der Waals surface area contributed by atoms with Crippen LogP contribution >= 0.6 is 22.9 Å². The highest BCUT2D eigenvalue weighted by atomic mass is 35.5. The average molecular weight is 672 g/mol. The van der Waals surface area contributed by atoms with Gasteiger partial charge in [0.05, 0.1) is 27.5 Å². The van der Waals surface area contributed by atoms with E-state index in [0.717, 1.165) is 0 Å². The first-order valence-electron chi connectivity index (χ1n) is 14.4. The molecule has 8 nitrogen and oxygen atoms in total. The fourth-order valence-electron chi connectivity index (χ4n) is 4.91. The smallest absolute Gasteiger partial charge is 0.217 e. The quantitative estimate of drug-likeness (QED) is 0.142. The highest BCUT2D eigenvalue weighted by molar-refractivity contribution is 7.89. The number of nitrogens with zero attached hydrogens (tertiary/aromatic N) is 4. The van der Waals surface area contributed by atoms with Crippen LogP contribution in [0.2, 0.25) is 5.02 Å². The number of benzene rings is 3. The van der Waals surface area contributed by atoms with Crippen molar-refractivity contribution in [3.05, 3.63) is 93.5 Å². The number of nitrogens with one attached hydrogen (secondary N) is 1. The van der Waals surface area contributed by atoms with Crippen molar-refractivity contribution in [3.8, 4) is 17.0 Å². The Bertz CT molecular complexity index is 1940. The van der Waals surface area contributed by atoms with Crippen LogP contribution in [0.1, 0.15) is 50.7 Å². The second kappa shape index (κ2) is 13.7. The van der Waals surface area contributed by atoms with Crippen LogP contribution in [-0.2, 0) is 16.6 Å². The standard InChI is InChI=1S/C32H32ClF2N5O3S2/c1-5-29(40(6-2)45(41,42)19(3)4)32-39-28(17-44-32)23-14-24-27(15-26(23)35)36-18-37-31(24)38-22-10-11-30(25(33)13-22)43-16-20-8-7-9-21(34)12-20/h7-15,17-19,29H,5-6,16H2,1-4H3,(H,36,37,38). The molecule has 0 bridgehead atoms. The lowest BCUT2D eigenvalue weighted by Gasteiger charge is -2.29. The van der Waals surface area contributed by atoms with E-state index in [-0.39, 0.29) is 18.0 Å². The summed E-state index contributed by atoms with van der Waals surface area (Å²) in [5.41, 5.74) is 2.30. The summed E-state index contributed by atoms with van der Waals surface area (Å²) in [5.74, 6) is -0.00624. The van der Waals surface area contributed by atoms with Crippen LogP contribution in [0.25, 0.3) is 22.2 Å². The molecule has 5 rings (SSSR count). The molecule has 0 saturated heterocycles. The summed E-state index contributed by atoms with van der Waals surface area (Å²) in [7, 11) is -3.53. The molecule has 0 aliphatic carbocycles. The fraction of sp³-hybridized carbons (Fsp3) is 0.281. The van der Waals surface area contributed by atoms with E-state index < -0.39 is 27.1 Å². The molecule has 3 aromatic carbocycles. The highest BCUT2D eigenvalue weighted by Gasteiger charge is 2.33. The summed E-state index contributed by atoms with van der Waals surface area (Å²) >= 11 is 7.79. The zero-order valence-corrected chi connectivity index (χ0v) is 27.5. The summed E-state index contributed by atoms with van der Waals surface area (Å²) in [6, 6.07) is 13.7. The maximum Gasteiger partial charge on any atom is 0.217 e. The van der Waals surface area contributed by atoms with E-state index in [2.05, 4.69) is 15.3 Å². The second-order valence-electron chi connectivity index (χ2n) is 10.6. The lowest BCUT2D eigenvalue weighted by molar-refractivity contribution is 0.306. The largest absolute Gasteiger partial charge is 0.487 e. The summed E-state index contributed by atoms with van der Waals surface area (Å²) in [4.78, 5) is 13.3. The van der Waals surface area contributed by atoms with Crippen LogP contribution < -0.4 is 10.1 Å². The number of rotatable bonds is 12. The van der Waals surface area contributed by atoms with E-state index in [1.165, 1.54) is 40.2 Å². The van der Waals surface area contributed by atoms with Gasteiger partial charge < -0.3 is 10.1 Å². The number of hydrogen-bond acceptors (Lipinski definition) is 8. The van der Waals surface area contributed by atoms with E-state index in [1.54, 1.807) is 62.5 Å². The van der Waals surface area contributed by atoms with Gasteiger partial charge in [-0.05, 0) is 62.2 Å². The Labute approximate surface area is 270 Å². The first-order valence-corrected chi connectivity index (χ1v) is 17.1. The van der Waals surface area contributed by atoms with E-state index in [4.69, 9.17) is 21.3 Å². The van der Waals surface area contributed by atoms with Gasteiger partial charge in [0.25, 0.3) is 0 Å². The molecule has 0 aliphatic heterocycles. The van der Waals surface area contributed by atoms with E-state index in [1.807, 2.05) is 6.92 Å². The maximum absolute atomic E-state index is 15.4. The van der Waals surface area contributed by atoms with Crippen LogP contribution in [0.4, 0.5) is 20.3 Å². The van der Waals surface area contributed by atoms with Crippen molar-refractivity contribution < 1.29 is 21.9 Å². The molecule has 13 heteroatoms. The van der Waals surface area contributed by atoms with Crippen LogP contribution in [-0.4, -0.2) is 39.5 Å². The summed E-state index contributed by atoms with van der Waals surface area (Å²) < 4.78 is 62.2. The predicted octanol–water partition coefficient (Wildman–Crippen LogP) is 8.52. The zero-order chi connectivity index (χ0) is 32.3. The number of sulfonamides is 1. The molecule has 45 heavy (non-hydrogen) atoms. The van der Waals surface area contributed by atoms with Crippen molar-refractivity contribution in [2.75, 3.05) is 11.9 Å². The van der Waals surface area contributed by atoms with Crippen molar-refractivity contribution in [3.63, 3.8) is 0 Å². The summed E-state index contributed by atoms with van der Waals surface area (Å²) in [6.45, 7) is 7.47. The van der Waals surface area contributed by atoms with Crippen LogP contribution in [0, 0.1) is 11.6 Å². The van der Waals surface area contributed by atoms with E-state index in [9.17, 15) is 12.8 Å². The molecule has 0 fully saturated rings. The summed E-state index contributed by atoms with van der Waals surface area (Å²) in [5, 5.41) is 5.86. The molecule has 0 radical (unpaired) electrons. The molecule has 1 atom stereocenters. The second-order valence-corrected chi connectivity index (χ2v) is 14.3. The molecule has 1 N–H and O–H groups in total. The van der Waals surface area contributed by atoms with Gasteiger partial charge in [-0.3, -0.25) is 0 Å². The Kier molecular flexibility index (Phi) is 9.97. The first-order chi connectivity index (χ1) is 21.5. The van der Waals surface area contributed by atoms with Gasteiger partial charge in [0.2, 0.25) is 10.0 Å². The van der Waals surface area contributed by atoms with Gasteiger partial charge in [0.1, 0.15) is 41.1 Å². The summed E-state index contributed by atoms with van der Waals surface area (Å²) in [6.07, 6.45) is 1.86. The molecule has 0 aliphatic rings. The van der Waals surface area contributed by atoms with Gasteiger partial charge in [-0.2, -0.15) is 4.31 Å². The van der Waals surface area contributed by atoms with Gasteiger partial charge >= 0.3 is 0 Å². The minimum atomic E-state index is -3.53. The first kappa shape index (κ1) is 32.7. The predicted molar refractivity (Wildman–Crippen MR) is 176 cm³/mol. The van der Waals surface area contributed by atoms with Crippen molar-refractivity contribution in [1.82, 2.24) is 19.3 Å². The topological polar surface area (TPSA) is 97.3 Å². The molecule has 5 aromatic rings.